The van der Waals surface area contributed by atoms with Gasteiger partial charge in [-0.3, -0.25) is 19.7 Å². The average molecular weight is 542 g/mol. The average Bonchev–Trinajstić information content (AvgIpc) is 2.93. The van der Waals surface area contributed by atoms with Crippen molar-refractivity contribution in [2.75, 3.05) is 32.9 Å². The van der Waals surface area contributed by atoms with Gasteiger partial charge in [0.2, 0.25) is 5.91 Å². The zero-order chi connectivity index (χ0) is 27.2. The van der Waals surface area contributed by atoms with E-state index in [1.807, 2.05) is 18.2 Å². The van der Waals surface area contributed by atoms with Crippen LogP contribution in [0.25, 0.3) is 0 Å². The van der Waals surface area contributed by atoms with E-state index < -0.39 is 17.9 Å². The van der Waals surface area contributed by atoms with Crippen molar-refractivity contribution in [1.82, 2.24) is 15.5 Å². The van der Waals surface area contributed by atoms with Crippen LogP contribution in [0, 0.1) is 0 Å². The highest BCUT2D eigenvalue weighted by Crippen LogP contribution is 2.15. The number of nitrogens with zero attached hydrogens (tertiary/aromatic N) is 1. The molecule has 2 aromatic carbocycles. The molecule has 204 valence electrons. The Balaban J connectivity index is 1.46. The van der Waals surface area contributed by atoms with E-state index in [2.05, 4.69) is 17.6 Å². The van der Waals surface area contributed by atoms with E-state index in [9.17, 15) is 14.4 Å². The Hall–Kier alpha value is -3.66. The number of esters is 1. The van der Waals surface area contributed by atoms with E-state index in [1.54, 1.807) is 41.3 Å². The summed E-state index contributed by atoms with van der Waals surface area (Å²) in [7, 11) is 0. The molecule has 1 aliphatic rings. The van der Waals surface area contributed by atoms with Crippen molar-refractivity contribution in [3.05, 3.63) is 60.2 Å². The van der Waals surface area contributed by atoms with Gasteiger partial charge in [0.15, 0.2) is 5.11 Å². The number of amides is 2. The van der Waals surface area contributed by atoms with Crippen molar-refractivity contribution >= 4 is 35.1 Å². The van der Waals surface area contributed by atoms with Gasteiger partial charge in [-0.25, -0.2) is 0 Å². The molecule has 2 amide bonds. The van der Waals surface area contributed by atoms with Crippen molar-refractivity contribution < 1.29 is 28.6 Å². The first-order valence-electron chi connectivity index (χ1n) is 12.9. The summed E-state index contributed by atoms with van der Waals surface area (Å²) in [5.74, 6) is 0.0434. The summed E-state index contributed by atoms with van der Waals surface area (Å²) in [5.41, 5.74) is 0.404. The molecular formula is C28H35N3O6S. The molecule has 0 saturated carbocycles. The number of benzene rings is 2. The summed E-state index contributed by atoms with van der Waals surface area (Å²) >= 11 is 5.43. The highest BCUT2D eigenvalue weighted by molar-refractivity contribution is 7.80. The zero-order valence-electron chi connectivity index (χ0n) is 21.6. The molecule has 0 aromatic heterocycles. The van der Waals surface area contributed by atoms with Crippen LogP contribution in [0.1, 0.15) is 49.4 Å². The van der Waals surface area contributed by atoms with Gasteiger partial charge in [-0.05, 0) is 55.0 Å². The molecule has 1 fully saturated rings. The van der Waals surface area contributed by atoms with Crippen LogP contribution in [0.3, 0.4) is 0 Å². The second-order valence-corrected chi connectivity index (χ2v) is 9.17. The van der Waals surface area contributed by atoms with Crippen LogP contribution in [0.4, 0.5) is 0 Å². The monoisotopic (exact) mass is 541 g/mol. The van der Waals surface area contributed by atoms with Crippen molar-refractivity contribution in [2.24, 2.45) is 0 Å². The molecule has 1 aliphatic heterocycles. The van der Waals surface area contributed by atoms with Crippen LogP contribution in [0.5, 0.6) is 11.5 Å². The standard InChI is InChI=1S/C28H35N3O6S/c1-2-3-4-8-17-35-23-13-11-21(12-14-23)26(33)30-28(38)31-16-15-29-27(34)24(31)20-25(32)37-19-18-36-22-9-6-5-7-10-22/h5-7,9-14,24H,2-4,8,15-20H2,1H3,(H,29,34)(H,30,33,38). The molecule has 1 heterocycles. The summed E-state index contributed by atoms with van der Waals surface area (Å²) in [5, 5.41) is 5.48. The van der Waals surface area contributed by atoms with Crippen LogP contribution in [-0.4, -0.2) is 66.7 Å². The highest BCUT2D eigenvalue weighted by atomic mass is 32.1. The maximum atomic E-state index is 12.8. The topological polar surface area (TPSA) is 106 Å². The van der Waals surface area contributed by atoms with Crippen LogP contribution < -0.4 is 20.1 Å². The van der Waals surface area contributed by atoms with E-state index in [-0.39, 0.29) is 30.7 Å². The van der Waals surface area contributed by atoms with Gasteiger partial charge in [0.05, 0.1) is 13.0 Å². The Kier molecular flexibility index (Phi) is 11.8. The van der Waals surface area contributed by atoms with E-state index in [0.717, 1.165) is 12.8 Å². The first-order valence-corrected chi connectivity index (χ1v) is 13.3. The molecule has 1 atom stereocenters. The van der Waals surface area contributed by atoms with E-state index >= 15 is 0 Å². The number of nitrogens with one attached hydrogen (secondary N) is 2. The van der Waals surface area contributed by atoms with Gasteiger partial charge in [-0.2, -0.15) is 0 Å². The smallest absolute Gasteiger partial charge is 0.308 e. The summed E-state index contributed by atoms with van der Waals surface area (Å²) in [6.07, 6.45) is 4.27. The lowest BCUT2D eigenvalue weighted by atomic mass is 10.1. The SMILES string of the molecule is CCCCCCOc1ccc(C(=O)NC(=S)N2CCNC(=O)C2CC(=O)OCCOc2ccccc2)cc1. The number of unbranched alkanes of at least 4 members (excludes halogenated alkanes) is 3. The van der Waals surface area contributed by atoms with Gasteiger partial charge >= 0.3 is 5.97 Å². The molecule has 10 heteroatoms. The predicted octanol–water partition coefficient (Wildman–Crippen LogP) is 3.47. The number of hydrogen-bond donors (Lipinski definition) is 2. The molecule has 2 N–H and O–H groups in total. The Labute approximate surface area is 228 Å². The van der Waals surface area contributed by atoms with Crippen LogP contribution >= 0.6 is 12.2 Å². The summed E-state index contributed by atoms with van der Waals surface area (Å²) < 4.78 is 16.5. The van der Waals surface area contributed by atoms with Crippen molar-refractivity contribution in [3.8, 4) is 11.5 Å². The molecule has 2 aromatic rings. The summed E-state index contributed by atoms with van der Waals surface area (Å²) in [6, 6.07) is 15.1. The second-order valence-electron chi connectivity index (χ2n) is 8.78. The van der Waals surface area contributed by atoms with E-state index in [0.29, 0.717) is 36.8 Å². The minimum absolute atomic E-state index is 0.0434. The maximum absolute atomic E-state index is 12.8. The Morgan fingerprint density at radius 3 is 2.42 bits per heavy atom. The lowest BCUT2D eigenvalue weighted by molar-refractivity contribution is -0.148. The lowest BCUT2D eigenvalue weighted by Crippen LogP contribution is -2.60. The normalized spacial score (nSPS) is 14.8. The second kappa shape index (κ2) is 15.6. The number of thiocarbonyl (C=S) groups is 1. The van der Waals surface area contributed by atoms with Gasteiger partial charge < -0.3 is 24.4 Å². The van der Waals surface area contributed by atoms with Gasteiger partial charge in [-0.1, -0.05) is 44.4 Å². The lowest BCUT2D eigenvalue weighted by Gasteiger charge is -2.36. The summed E-state index contributed by atoms with van der Waals surface area (Å²) in [6.45, 7) is 3.72. The molecule has 0 radical (unpaired) electrons. The fourth-order valence-electron chi connectivity index (χ4n) is 3.87. The van der Waals surface area contributed by atoms with Crippen molar-refractivity contribution in [2.45, 2.75) is 45.1 Å². The van der Waals surface area contributed by atoms with Crippen LogP contribution in [-0.2, 0) is 14.3 Å². The molecule has 0 aliphatic carbocycles. The Bertz CT molecular complexity index is 1060. The molecule has 9 nitrogen and oxygen atoms in total. The van der Waals surface area contributed by atoms with Crippen molar-refractivity contribution in [1.29, 1.82) is 0 Å². The molecule has 0 bridgehead atoms. The summed E-state index contributed by atoms with van der Waals surface area (Å²) in [4.78, 5) is 39.3. The minimum atomic E-state index is -0.887. The maximum Gasteiger partial charge on any atom is 0.308 e. The number of para-hydroxylation sites is 1. The number of carbonyl (C=O) groups is 3. The fraction of sp³-hybridized carbons (Fsp3) is 0.429. The molecular weight excluding hydrogens is 506 g/mol. The third kappa shape index (κ3) is 9.33. The van der Waals surface area contributed by atoms with Crippen molar-refractivity contribution in [3.63, 3.8) is 0 Å². The van der Waals surface area contributed by atoms with Crippen LogP contribution in [0.15, 0.2) is 54.6 Å². The number of rotatable bonds is 13. The highest BCUT2D eigenvalue weighted by Gasteiger charge is 2.34. The number of carbonyl (C=O) groups excluding carboxylic acids is 3. The number of piperazine rings is 1. The molecule has 3 rings (SSSR count). The third-order valence-electron chi connectivity index (χ3n) is 5.91. The van der Waals surface area contributed by atoms with Gasteiger partial charge in [-0.15, -0.1) is 0 Å². The first-order chi connectivity index (χ1) is 18.5. The third-order valence-corrected chi connectivity index (χ3v) is 6.25. The molecule has 1 unspecified atom stereocenters. The zero-order valence-corrected chi connectivity index (χ0v) is 22.5. The van der Waals surface area contributed by atoms with E-state index in [4.69, 9.17) is 26.4 Å². The Morgan fingerprint density at radius 2 is 1.68 bits per heavy atom. The fourth-order valence-corrected chi connectivity index (χ4v) is 4.18. The first kappa shape index (κ1) is 28.9. The Morgan fingerprint density at radius 1 is 0.974 bits per heavy atom. The van der Waals surface area contributed by atoms with Gasteiger partial charge in [0.1, 0.15) is 30.8 Å². The molecule has 0 spiro atoms. The van der Waals surface area contributed by atoms with Gasteiger partial charge in [0, 0.05) is 18.7 Å². The minimum Gasteiger partial charge on any atom is -0.494 e. The van der Waals surface area contributed by atoms with E-state index in [1.165, 1.54) is 12.8 Å². The quantitative estimate of drug-likeness (QED) is 0.226. The molecule has 1 saturated heterocycles. The van der Waals surface area contributed by atoms with Gasteiger partial charge in [0.25, 0.3) is 5.91 Å². The number of ether oxygens (including phenoxy) is 3. The molecule has 38 heavy (non-hydrogen) atoms. The number of hydrogen-bond acceptors (Lipinski definition) is 7. The largest absolute Gasteiger partial charge is 0.494 e. The van der Waals surface area contributed by atoms with Crippen LogP contribution in [0.2, 0.25) is 0 Å². The predicted molar refractivity (Wildman–Crippen MR) is 147 cm³/mol.